The minimum Gasteiger partial charge on any atom is -0.497 e. The number of thioether (sulfide) groups is 1. The molecular formula is C24H27N3O3S. The highest BCUT2D eigenvalue weighted by Gasteiger charge is 2.32. The molecule has 0 spiro atoms. The molecule has 1 aromatic heterocycles. The fourth-order valence-electron chi connectivity index (χ4n) is 4.10. The Morgan fingerprint density at radius 3 is 2.71 bits per heavy atom. The number of aromatic nitrogens is 2. The lowest BCUT2D eigenvalue weighted by molar-refractivity contribution is -0.129. The maximum absolute atomic E-state index is 13.1. The summed E-state index contributed by atoms with van der Waals surface area (Å²) in [6.45, 7) is 0.750. The molecule has 7 heteroatoms. The smallest absolute Gasteiger partial charge is 0.233 e. The first-order valence-corrected chi connectivity index (χ1v) is 11.3. The second kappa shape index (κ2) is 9.47. The van der Waals surface area contributed by atoms with E-state index >= 15 is 0 Å². The fourth-order valence-corrected chi connectivity index (χ4v) is 4.94. The monoisotopic (exact) mass is 437 g/mol. The zero-order chi connectivity index (χ0) is 21.8. The van der Waals surface area contributed by atoms with Crippen LogP contribution in [0.5, 0.6) is 11.5 Å². The molecule has 0 N–H and O–H groups in total. The maximum atomic E-state index is 13.1. The minimum absolute atomic E-state index is 0.000554. The van der Waals surface area contributed by atoms with Crippen molar-refractivity contribution in [1.29, 1.82) is 0 Å². The zero-order valence-corrected chi connectivity index (χ0v) is 18.9. The third-order valence-corrected chi connectivity index (χ3v) is 6.74. The van der Waals surface area contributed by atoms with Crippen LogP contribution in [-0.4, -0.2) is 46.9 Å². The molecule has 1 fully saturated rings. The molecule has 1 unspecified atom stereocenters. The third-order valence-electron chi connectivity index (χ3n) is 5.71. The van der Waals surface area contributed by atoms with Gasteiger partial charge in [-0.1, -0.05) is 42.1 Å². The molecule has 2 aromatic carbocycles. The number of hydrogen-bond donors (Lipinski definition) is 0. The number of likely N-dealkylation sites (tertiary alicyclic amines) is 1. The number of ether oxygens (including phenoxy) is 2. The Kier molecular flexibility index (Phi) is 6.51. The van der Waals surface area contributed by atoms with Crippen molar-refractivity contribution in [2.75, 3.05) is 26.5 Å². The average molecular weight is 438 g/mol. The lowest BCUT2D eigenvalue weighted by atomic mass is 10.0. The summed E-state index contributed by atoms with van der Waals surface area (Å²) in [5, 5.41) is 0.835. The lowest BCUT2D eigenvalue weighted by Gasteiger charge is -2.26. The number of carbonyl (C=O) groups excluding carboxylic acids is 1. The van der Waals surface area contributed by atoms with Crippen molar-refractivity contribution in [3.05, 3.63) is 60.3 Å². The van der Waals surface area contributed by atoms with E-state index in [0.717, 1.165) is 52.9 Å². The van der Waals surface area contributed by atoms with Crippen LogP contribution in [0, 0.1) is 0 Å². The van der Waals surface area contributed by atoms with Crippen molar-refractivity contribution in [1.82, 2.24) is 14.5 Å². The molecule has 0 aliphatic carbocycles. The van der Waals surface area contributed by atoms with Crippen LogP contribution >= 0.6 is 11.8 Å². The first-order chi connectivity index (χ1) is 15.1. The summed E-state index contributed by atoms with van der Waals surface area (Å²) >= 11 is 1.48. The van der Waals surface area contributed by atoms with Gasteiger partial charge in [0, 0.05) is 19.2 Å². The van der Waals surface area contributed by atoms with Gasteiger partial charge in [-0.2, -0.15) is 0 Å². The van der Waals surface area contributed by atoms with Crippen LogP contribution in [0.2, 0.25) is 0 Å². The highest BCUT2D eigenvalue weighted by molar-refractivity contribution is 7.99. The number of nitrogens with zero attached hydrogens (tertiary/aromatic N) is 3. The SMILES string of the molecule is COc1ccc(OC)c(C2CCCN2C(=O)CSc2ncc(-c3ccccc3)n2C)c1. The van der Waals surface area contributed by atoms with Gasteiger partial charge in [-0.15, -0.1) is 0 Å². The number of methoxy groups -OCH3 is 2. The summed E-state index contributed by atoms with van der Waals surface area (Å²) in [5.41, 5.74) is 3.15. The predicted molar refractivity (Wildman–Crippen MR) is 123 cm³/mol. The summed E-state index contributed by atoms with van der Waals surface area (Å²) in [4.78, 5) is 19.6. The molecule has 0 radical (unpaired) electrons. The molecule has 0 bridgehead atoms. The number of hydrogen-bond acceptors (Lipinski definition) is 5. The standard InChI is InChI=1S/C24H27N3O3S/c1-26-21(17-8-5-4-6-9-17)15-25-24(26)31-16-23(28)27-13-7-10-20(27)19-14-18(29-2)11-12-22(19)30-3/h4-6,8-9,11-12,14-15,20H,7,10,13,16H2,1-3H3. The first-order valence-electron chi connectivity index (χ1n) is 10.3. The zero-order valence-electron chi connectivity index (χ0n) is 18.1. The van der Waals surface area contributed by atoms with Crippen molar-refractivity contribution < 1.29 is 14.3 Å². The molecule has 0 saturated carbocycles. The van der Waals surface area contributed by atoms with E-state index in [1.807, 2.05) is 59.1 Å². The predicted octanol–water partition coefficient (Wildman–Crippen LogP) is 4.56. The minimum atomic E-state index is -0.000554. The van der Waals surface area contributed by atoms with Crippen LogP contribution in [0.25, 0.3) is 11.3 Å². The molecule has 2 heterocycles. The van der Waals surface area contributed by atoms with Crippen LogP contribution in [0.1, 0.15) is 24.4 Å². The van der Waals surface area contributed by atoms with Gasteiger partial charge in [-0.3, -0.25) is 4.79 Å². The van der Waals surface area contributed by atoms with E-state index in [2.05, 4.69) is 17.1 Å². The van der Waals surface area contributed by atoms with Gasteiger partial charge in [0.1, 0.15) is 11.5 Å². The molecule has 1 aliphatic rings. The van der Waals surface area contributed by atoms with Gasteiger partial charge in [0.15, 0.2) is 5.16 Å². The summed E-state index contributed by atoms with van der Waals surface area (Å²) in [6, 6.07) is 15.9. The van der Waals surface area contributed by atoms with Crippen LogP contribution in [0.3, 0.4) is 0 Å². The Morgan fingerprint density at radius 1 is 1.16 bits per heavy atom. The number of amides is 1. The summed E-state index contributed by atoms with van der Waals surface area (Å²) in [6.07, 6.45) is 3.75. The van der Waals surface area contributed by atoms with Gasteiger partial charge >= 0.3 is 0 Å². The molecule has 1 atom stereocenters. The average Bonchev–Trinajstić information content (AvgIpc) is 3.44. The normalized spacial score (nSPS) is 15.8. The molecule has 162 valence electrons. The van der Waals surface area contributed by atoms with Gasteiger partial charge in [0.05, 0.1) is 37.9 Å². The Morgan fingerprint density at radius 2 is 1.97 bits per heavy atom. The van der Waals surface area contributed by atoms with Crippen molar-refractivity contribution in [2.45, 2.75) is 24.0 Å². The number of rotatable bonds is 7. The molecule has 31 heavy (non-hydrogen) atoms. The second-order valence-corrected chi connectivity index (χ2v) is 8.44. The van der Waals surface area contributed by atoms with Crippen molar-refractivity contribution in [3.63, 3.8) is 0 Å². The first kappa shape index (κ1) is 21.3. The third kappa shape index (κ3) is 4.42. The van der Waals surface area contributed by atoms with Crippen molar-refractivity contribution in [2.24, 2.45) is 7.05 Å². The lowest BCUT2D eigenvalue weighted by Crippen LogP contribution is -2.32. The van der Waals surface area contributed by atoms with Crippen LogP contribution in [0.4, 0.5) is 0 Å². The summed E-state index contributed by atoms with van der Waals surface area (Å²) in [7, 11) is 5.30. The molecule has 1 saturated heterocycles. The number of imidazole rings is 1. The van der Waals surface area contributed by atoms with E-state index in [1.165, 1.54) is 11.8 Å². The molecule has 3 aromatic rings. The quantitative estimate of drug-likeness (QED) is 0.507. The summed E-state index contributed by atoms with van der Waals surface area (Å²) in [5.74, 6) is 2.02. The Bertz CT molecular complexity index is 1050. The molecular weight excluding hydrogens is 410 g/mol. The largest absolute Gasteiger partial charge is 0.497 e. The van der Waals surface area contributed by atoms with Crippen LogP contribution in [0.15, 0.2) is 59.9 Å². The van der Waals surface area contributed by atoms with Gasteiger partial charge < -0.3 is 18.9 Å². The maximum Gasteiger partial charge on any atom is 0.233 e. The van der Waals surface area contributed by atoms with Gasteiger partial charge in [0.2, 0.25) is 5.91 Å². The van der Waals surface area contributed by atoms with Crippen molar-refractivity contribution >= 4 is 17.7 Å². The van der Waals surface area contributed by atoms with Gasteiger partial charge in [-0.25, -0.2) is 4.98 Å². The molecule has 6 nitrogen and oxygen atoms in total. The van der Waals surface area contributed by atoms with Crippen LogP contribution < -0.4 is 9.47 Å². The van der Waals surface area contributed by atoms with Gasteiger partial charge in [-0.05, 0) is 36.6 Å². The Labute approximate surface area is 187 Å². The van der Waals surface area contributed by atoms with E-state index in [0.29, 0.717) is 5.75 Å². The number of carbonyl (C=O) groups is 1. The van der Waals surface area contributed by atoms with E-state index in [1.54, 1.807) is 14.2 Å². The van der Waals surface area contributed by atoms with E-state index in [-0.39, 0.29) is 11.9 Å². The van der Waals surface area contributed by atoms with Crippen LogP contribution in [-0.2, 0) is 11.8 Å². The highest BCUT2D eigenvalue weighted by Crippen LogP contribution is 2.39. The fraction of sp³-hybridized carbons (Fsp3) is 0.333. The molecule has 1 amide bonds. The van der Waals surface area contributed by atoms with E-state index in [4.69, 9.17) is 9.47 Å². The van der Waals surface area contributed by atoms with Gasteiger partial charge in [0.25, 0.3) is 0 Å². The van der Waals surface area contributed by atoms with E-state index in [9.17, 15) is 4.79 Å². The Hall–Kier alpha value is -2.93. The molecule has 1 aliphatic heterocycles. The van der Waals surface area contributed by atoms with Crippen molar-refractivity contribution in [3.8, 4) is 22.8 Å². The Balaban J connectivity index is 1.48. The second-order valence-electron chi connectivity index (χ2n) is 7.49. The topological polar surface area (TPSA) is 56.6 Å². The highest BCUT2D eigenvalue weighted by atomic mass is 32.2. The number of benzene rings is 2. The van der Waals surface area contributed by atoms with E-state index < -0.39 is 0 Å². The molecule has 4 rings (SSSR count). The summed E-state index contributed by atoms with van der Waals surface area (Å²) < 4.78 is 13.0.